The number of rotatable bonds is 5. The van der Waals surface area contributed by atoms with Gasteiger partial charge in [-0.25, -0.2) is 0 Å². The van der Waals surface area contributed by atoms with Gasteiger partial charge >= 0.3 is 0 Å². The van der Waals surface area contributed by atoms with E-state index in [1.54, 1.807) is 7.11 Å². The summed E-state index contributed by atoms with van der Waals surface area (Å²) in [5.41, 5.74) is 0.148. The summed E-state index contributed by atoms with van der Waals surface area (Å²) in [5, 5.41) is 13.8. The Bertz CT molecular complexity index is 344. The lowest BCUT2D eigenvalue weighted by Crippen LogP contribution is -2.49. The third-order valence-corrected chi connectivity index (χ3v) is 3.56. The summed E-state index contributed by atoms with van der Waals surface area (Å²) in [4.78, 5) is 0. The van der Waals surface area contributed by atoms with E-state index in [9.17, 15) is 5.11 Å². The van der Waals surface area contributed by atoms with E-state index in [1.165, 1.54) is 0 Å². The van der Waals surface area contributed by atoms with E-state index in [0.29, 0.717) is 18.7 Å². The fourth-order valence-corrected chi connectivity index (χ4v) is 2.17. The Morgan fingerprint density at radius 3 is 2.59 bits per heavy atom. The maximum atomic E-state index is 10.4. The predicted octanol–water partition coefficient (Wildman–Crippen LogP) is 1.66. The third-order valence-electron chi connectivity index (χ3n) is 3.56. The topological polar surface area (TPSA) is 41.5 Å². The summed E-state index contributed by atoms with van der Waals surface area (Å²) < 4.78 is 5.23. The molecule has 1 unspecified atom stereocenters. The lowest BCUT2D eigenvalue weighted by Gasteiger charge is -2.37. The lowest BCUT2D eigenvalue weighted by molar-refractivity contribution is 0.00181. The molecule has 0 heterocycles. The van der Waals surface area contributed by atoms with Crippen LogP contribution in [0.15, 0.2) is 30.3 Å². The highest BCUT2D eigenvalue weighted by molar-refractivity contribution is 5.21. The first-order valence-electron chi connectivity index (χ1n) is 6.16. The first kappa shape index (κ1) is 12.6. The molecule has 1 fully saturated rings. The molecule has 17 heavy (non-hydrogen) atoms. The maximum Gasteiger partial charge on any atom is 0.0992 e. The van der Waals surface area contributed by atoms with Crippen LogP contribution >= 0.6 is 0 Å². The van der Waals surface area contributed by atoms with Gasteiger partial charge in [0, 0.05) is 19.7 Å². The second-order valence-corrected chi connectivity index (χ2v) is 5.05. The van der Waals surface area contributed by atoms with Gasteiger partial charge in [0.25, 0.3) is 0 Å². The minimum absolute atomic E-state index is 0.397. The minimum atomic E-state index is -0.806. The Labute approximate surface area is 103 Å². The van der Waals surface area contributed by atoms with Crippen LogP contribution in [0, 0.1) is 0 Å². The Morgan fingerprint density at radius 2 is 2.00 bits per heavy atom. The highest BCUT2D eigenvalue weighted by Gasteiger charge is 2.31. The fraction of sp³-hybridized carbons (Fsp3) is 0.571. The molecule has 3 nitrogen and oxygen atoms in total. The second-order valence-electron chi connectivity index (χ2n) is 5.05. The first-order chi connectivity index (χ1) is 8.12. The van der Waals surface area contributed by atoms with Gasteiger partial charge in [-0.15, -0.1) is 0 Å². The molecule has 1 atom stereocenters. The van der Waals surface area contributed by atoms with Crippen molar-refractivity contribution in [3.63, 3.8) is 0 Å². The van der Waals surface area contributed by atoms with Crippen LogP contribution in [0.25, 0.3) is 0 Å². The maximum absolute atomic E-state index is 10.4. The first-order valence-corrected chi connectivity index (χ1v) is 6.16. The molecule has 2 N–H and O–H groups in total. The monoisotopic (exact) mass is 235 g/mol. The molecule has 0 aromatic heterocycles. The molecule has 0 radical (unpaired) electrons. The Balaban J connectivity index is 1.82. The van der Waals surface area contributed by atoms with Crippen LogP contribution in [-0.4, -0.2) is 30.9 Å². The van der Waals surface area contributed by atoms with Crippen LogP contribution in [-0.2, 0) is 10.3 Å². The summed E-state index contributed by atoms with van der Waals surface area (Å²) in [6, 6.07) is 10.3. The summed E-state index contributed by atoms with van der Waals surface area (Å²) in [6.07, 6.45) is 2.48. The van der Waals surface area contributed by atoms with E-state index >= 15 is 0 Å². The Hall–Kier alpha value is -0.900. The highest BCUT2D eigenvalue weighted by atomic mass is 16.5. The molecule has 94 valence electrons. The molecule has 0 aliphatic heterocycles. The van der Waals surface area contributed by atoms with Crippen molar-refractivity contribution in [2.24, 2.45) is 0 Å². The van der Waals surface area contributed by atoms with Gasteiger partial charge in [-0.1, -0.05) is 30.3 Å². The Kier molecular flexibility index (Phi) is 3.82. The van der Waals surface area contributed by atoms with Crippen molar-refractivity contribution in [2.75, 3.05) is 13.7 Å². The standard InChI is InChI=1S/C14H21NO2/c1-14(16,11-6-4-3-5-7-11)10-15-12-8-13(9-12)17-2/h3-7,12-13,15-16H,8-10H2,1-2H3. The molecule has 1 aromatic carbocycles. The zero-order valence-corrected chi connectivity index (χ0v) is 10.5. The van der Waals surface area contributed by atoms with Crippen molar-refractivity contribution >= 4 is 0 Å². The number of benzene rings is 1. The molecule has 0 bridgehead atoms. The number of methoxy groups -OCH3 is 1. The number of nitrogens with one attached hydrogen (secondary N) is 1. The van der Waals surface area contributed by atoms with E-state index in [-0.39, 0.29) is 0 Å². The molecule has 3 heteroatoms. The van der Waals surface area contributed by atoms with Gasteiger partial charge in [0.15, 0.2) is 0 Å². The SMILES string of the molecule is COC1CC(NCC(C)(O)c2ccccc2)C1. The molecular weight excluding hydrogens is 214 g/mol. The van der Waals surface area contributed by atoms with E-state index in [2.05, 4.69) is 5.32 Å². The predicted molar refractivity (Wildman–Crippen MR) is 67.8 cm³/mol. The molecule has 0 spiro atoms. The fourth-order valence-electron chi connectivity index (χ4n) is 2.17. The lowest BCUT2D eigenvalue weighted by atomic mass is 9.88. The summed E-state index contributed by atoms with van der Waals surface area (Å²) >= 11 is 0. The zero-order valence-electron chi connectivity index (χ0n) is 10.5. The second kappa shape index (κ2) is 5.17. The smallest absolute Gasteiger partial charge is 0.0992 e. The Morgan fingerprint density at radius 1 is 1.35 bits per heavy atom. The molecular formula is C14H21NO2. The van der Waals surface area contributed by atoms with E-state index < -0.39 is 5.60 Å². The number of hydrogen-bond acceptors (Lipinski definition) is 3. The summed E-state index contributed by atoms with van der Waals surface area (Å²) in [7, 11) is 1.75. The van der Waals surface area contributed by atoms with E-state index in [4.69, 9.17) is 4.74 Å². The van der Waals surface area contributed by atoms with Gasteiger partial charge < -0.3 is 15.2 Å². The molecule has 1 saturated carbocycles. The number of ether oxygens (including phenoxy) is 1. The highest BCUT2D eigenvalue weighted by Crippen LogP contribution is 2.25. The van der Waals surface area contributed by atoms with Crippen molar-refractivity contribution in [1.82, 2.24) is 5.32 Å². The van der Waals surface area contributed by atoms with Crippen LogP contribution in [0.3, 0.4) is 0 Å². The van der Waals surface area contributed by atoms with Crippen LogP contribution in [0.4, 0.5) is 0 Å². The van der Waals surface area contributed by atoms with Crippen LogP contribution in [0.5, 0.6) is 0 Å². The minimum Gasteiger partial charge on any atom is -0.384 e. The zero-order chi connectivity index (χ0) is 12.3. The third kappa shape index (κ3) is 3.06. The number of hydrogen-bond donors (Lipinski definition) is 2. The summed E-state index contributed by atoms with van der Waals surface area (Å²) in [6.45, 7) is 2.43. The van der Waals surface area contributed by atoms with Gasteiger partial charge in [-0.3, -0.25) is 0 Å². The molecule has 1 aliphatic rings. The van der Waals surface area contributed by atoms with Crippen molar-refractivity contribution in [1.29, 1.82) is 0 Å². The molecule has 0 amide bonds. The van der Waals surface area contributed by atoms with Gasteiger partial charge in [0.2, 0.25) is 0 Å². The van der Waals surface area contributed by atoms with E-state index in [1.807, 2.05) is 37.3 Å². The van der Waals surface area contributed by atoms with Crippen molar-refractivity contribution in [2.45, 2.75) is 37.5 Å². The molecule has 2 rings (SSSR count). The average molecular weight is 235 g/mol. The average Bonchev–Trinajstić information content (AvgIpc) is 2.28. The molecule has 1 aromatic rings. The van der Waals surface area contributed by atoms with Gasteiger partial charge in [-0.2, -0.15) is 0 Å². The van der Waals surface area contributed by atoms with Crippen molar-refractivity contribution in [3.05, 3.63) is 35.9 Å². The van der Waals surface area contributed by atoms with Gasteiger partial charge in [0.1, 0.15) is 0 Å². The van der Waals surface area contributed by atoms with Gasteiger partial charge in [-0.05, 0) is 25.3 Å². The van der Waals surface area contributed by atoms with Crippen molar-refractivity contribution in [3.8, 4) is 0 Å². The van der Waals surface area contributed by atoms with E-state index in [0.717, 1.165) is 18.4 Å². The normalized spacial score (nSPS) is 27.2. The largest absolute Gasteiger partial charge is 0.384 e. The number of aliphatic hydroxyl groups is 1. The van der Waals surface area contributed by atoms with Crippen LogP contribution in [0.1, 0.15) is 25.3 Å². The summed E-state index contributed by atoms with van der Waals surface area (Å²) in [5.74, 6) is 0. The molecule has 1 aliphatic carbocycles. The van der Waals surface area contributed by atoms with Crippen molar-refractivity contribution < 1.29 is 9.84 Å². The van der Waals surface area contributed by atoms with Gasteiger partial charge in [0.05, 0.1) is 11.7 Å². The quantitative estimate of drug-likeness (QED) is 0.815. The molecule has 0 saturated heterocycles. The van der Waals surface area contributed by atoms with Crippen LogP contribution < -0.4 is 5.32 Å². The van der Waals surface area contributed by atoms with Crippen LogP contribution in [0.2, 0.25) is 0 Å².